The maximum absolute atomic E-state index is 13.1. The largest absolute Gasteiger partial charge is 0.464 e. The number of alkyl halides is 2. The second-order valence-electron chi connectivity index (χ2n) is 2.82. The molecule has 0 atom stereocenters. The molecule has 0 saturated carbocycles. The molecule has 6 heteroatoms. The van der Waals surface area contributed by atoms with E-state index in [4.69, 9.17) is 0 Å². The lowest BCUT2D eigenvalue weighted by Crippen LogP contribution is -2.09. The van der Waals surface area contributed by atoms with Crippen LogP contribution in [0.1, 0.15) is 28.0 Å². The van der Waals surface area contributed by atoms with E-state index < -0.39 is 23.9 Å². The molecule has 3 nitrogen and oxygen atoms in total. The molecular weight excluding hydrogens is 211 g/mol. The van der Waals surface area contributed by atoms with Crippen molar-refractivity contribution in [3.8, 4) is 0 Å². The van der Waals surface area contributed by atoms with Crippen molar-refractivity contribution in [3.05, 3.63) is 28.8 Å². The molecule has 0 aliphatic heterocycles. The Kier molecular flexibility index (Phi) is 3.28. The molecule has 0 saturated heterocycles. The number of ether oxygens (including phenoxy) is 1. The van der Waals surface area contributed by atoms with Gasteiger partial charge in [-0.3, -0.25) is 0 Å². The molecule has 1 rings (SSSR count). The normalized spacial score (nSPS) is 10.5. The Hall–Kier alpha value is -1.59. The molecule has 0 aliphatic rings. The summed E-state index contributed by atoms with van der Waals surface area (Å²) in [5.74, 6) is -2.21. The monoisotopic (exact) mass is 219 g/mol. The summed E-state index contributed by atoms with van der Waals surface area (Å²) in [6.45, 7) is 1.28. The number of methoxy groups -OCH3 is 1. The maximum atomic E-state index is 13.1. The Bertz CT molecular complexity index is 370. The van der Waals surface area contributed by atoms with Crippen molar-refractivity contribution < 1.29 is 22.7 Å². The SMILES string of the molecule is COC(=O)c1cc(C)c(C(F)F)c(F)n1. The van der Waals surface area contributed by atoms with Gasteiger partial charge in [-0.25, -0.2) is 18.6 Å². The van der Waals surface area contributed by atoms with E-state index in [1.807, 2.05) is 0 Å². The van der Waals surface area contributed by atoms with E-state index in [9.17, 15) is 18.0 Å². The Morgan fingerprint density at radius 3 is 2.53 bits per heavy atom. The third kappa shape index (κ3) is 2.26. The lowest BCUT2D eigenvalue weighted by atomic mass is 10.1. The van der Waals surface area contributed by atoms with Gasteiger partial charge in [0.2, 0.25) is 5.95 Å². The fourth-order valence-electron chi connectivity index (χ4n) is 1.12. The highest BCUT2D eigenvalue weighted by atomic mass is 19.3. The number of hydrogen-bond acceptors (Lipinski definition) is 3. The Balaban J connectivity index is 3.25. The van der Waals surface area contributed by atoms with E-state index in [2.05, 4.69) is 9.72 Å². The standard InChI is InChI=1S/C9H8F3NO2/c1-4-3-5(9(14)15-2)13-8(12)6(4)7(10)11/h3,7H,1-2H3. The number of halogens is 3. The van der Waals surface area contributed by atoms with Crippen LogP contribution in [-0.4, -0.2) is 18.1 Å². The smallest absolute Gasteiger partial charge is 0.356 e. The van der Waals surface area contributed by atoms with Crippen LogP contribution in [0.3, 0.4) is 0 Å². The number of aryl methyl sites for hydroxylation is 1. The summed E-state index contributed by atoms with van der Waals surface area (Å²) in [7, 11) is 1.10. The number of carbonyl (C=O) groups excluding carboxylic acids is 1. The van der Waals surface area contributed by atoms with Gasteiger partial charge in [0, 0.05) is 0 Å². The molecule has 15 heavy (non-hydrogen) atoms. The van der Waals surface area contributed by atoms with E-state index >= 15 is 0 Å². The van der Waals surface area contributed by atoms with Gasteiger partial charge >= 0.3 is 5.97 Å². The number of rotatable bonds is 2. The lowest BCUT2D eigenvalue weighted by Gasteiger charge is -2.07. The second kappa shape index (κ2) is 4.29. The van der Waals surface area contributed by atoms with E-state index in [0.717, 1.165) is 13.2 Å². The first-order valence-electron chi connectivity index (χ1n) is 4.01. The highest BCUT2D eigenvalue weighted by molar-refractivity contribution is 5.87. The minimum atomic E-state index is -2.95. The van der Waals surface area contributed by atoms with Crippen LogP contribution in [-0.2, 0) is 4.74 Å². The minimum Gasteiger partial charge on any atom is -0.464 e. The van der Waals surface area contributed by atoms with Gasteiger partial charge in [0.05, 0.1) is 12.7 Å². The number of aromatic nitrogens is 1. The molecule has 0 N–H and O–H groups in total. The van der Waals surface area contributed by atoms with Gasteiger partial charge in [-0.15, -0.1) is 0 Å². The van der Waals surface area contributed by atoms with Crippen LogP contribution in [0.4, 0.5) is 13.2 Å². The average molecular weight is 219 g/mol. The highest BCUT2D eigenvalue weighted by Crippen LogP contribution is 2.25. The summed E-state index contributed by atoms with van der Waals surface area (Å²) in [5.41, 5.74) is -1.14. The van der Waals surface area contributed by atoms with Crippen molar-refractivity contribution in [1.82, 2.24) is 4.98 Å². The molecule has 0 aliphatic carbocycles. The van der Waals surface area contributed by atoms with Crippen LogP contribution in [0.2, 0.25) is 0 Å². The van der Waals surface area contributed by atoms with Crippen LogP contribution in [0.25, 0.3) is 0 Å². The summed E-state index contributed by atoms with van der Waals surface area (Å²) in [5, 5.41) is 0. The van der Waals surface area contributed by atoms with Crippen LogP contribution in [0.15, 0.2) is 6.07 Å². The van der Waals surface area contributed by atoms with Crippen molar-refractivity contribution in [3.63, 3.8) is 0 Å². The van der Waals surface area contributed by atoms with Crippen molar-refractivity contribution in [2.24, 2.45) is 0 Å². The van der Waals surface area contributed by atoms with Crippen LogP contribution in [0, 0.1) is 12.9 Å². The van der Waals surface area contributed by atoms with Gasteiger partial charge in [0.1, 0.15) is 0 Å². The summed E-state index contributed by atoms with van der Waals surface area (Å²) in [6.07, 6.45) is -2.95. The van der Waals surface area contributed by atoms with Gasteiger partial charge in [0.15, 0.2) is 5.69 Å². The van der Waals surface area contributed by atoms with E-state index in [0.29, 0.717) is 0 Å². The molecule has 82 valence electrons. The van der Waals surface area contributed by atoms with Gasteiger partial charge in [0.25, 0.3) is 6.43 Å². The number of hydrogen-bond donors (Lipinski definition) is 0. The predicted octanol–water partition coefficient (Wildman–Crippen LogP) is 2.25. The number of nitrogens with zero attached hydrogens (tertiary/aromatic N) is 1. The number of esters is 1. The minimum absolute atomic E-state index is 0.0297. The maximum Gasteiger partial charge on any atom is 0.356 e. The fraction of sp³-hybridized carbons (Fsp3) is 0.333. The van der Waals surface area contributed by atoms with Gasteiger partial charge in [-0.2, -0.15) is 4.39 Å². The molecule has 0 bridgehead atoms. The van der Waals surface area contributed by atoms with Gasteiger partial charge in [-0.05, 0) is 18.6 Å². The summed E-state index contributed by atoms with van der Waals surface area (Å²) in [6, 6.07) is 1.07. The zero-order chi connectivity index (χ0) is 11.6. The predicted molar refractivity (Wildman–Crippen MR) is 45.2 cm³/mol. The average Bonchev–Trinajstić information content (AvgIpc) is 2.14. The Morgan fingerprint density at radius 2 is 2.13 bits per heavy atom. The summed E-state index contributed by atoms with van der Waals surface area (Å²) >= 11 is 0. The molecule has 0 amide bonds. The third-order valence-corrected chi connectivity index (χ3v) is 1.83. The zero-order valence-electron chi connectivity index (χ0n) is 8.05. The zero-order valence-corrected chi connectivity index (χ0v) is 8.05. The number of pyridine rings is 1. The molecule has 1 aromatic heterocycles. The van der Waals surface area contributed by atoms with Crippen LogP contribution >= 0.6 is 0 Å². The topological polar surface area (TPSA) is 39.2 Å². The molecule has 1 aromatic rings. The Labute approximate surface area is 83.9 Å². The fourth-order valence-corrected chi connectivity index (χ4v) is 1.12. The van der Waals surface area contributed by atoms with Crippen molar-refractivity contribution >= 4 is 5.97 Å². The van der Waals surface area contributed by atoms with E-state index in [1.165, 1.54) is 6.92 Å². The van der Waals surface area contributed by atoms with Crippen molar-refractivity contribution in [2.45, 2.75) is 13.3 Å². The second-order valence-corrected chi connectivity index (χ2v) is 2.82. The lowest BCUT2D eigenvalue weighted by molar-refractivity contribution is 0.0591. The summed E-state index contributed by atoms with van der Waals surface area (Å²) < 4.78 is 42.0. The molecule has 0 fully saturated rings. The van der Waals surface area contributed by atoms with E-state index in [1.54, 1.807) is 0 Å². The molecule has 0 radical (unpaired) electrons. The molecule has 0 spiro atoms. The van der Waals surface area contributed by atoms with Crippen LogP contribution < -0.4 is 0 Å². The molecule has 0 unspecified atom stereocenters. The molecule has 1 heterocycles. The first-order chi connectivity index (χ1) is 6.97. The summed E-state index contributed by atoms with van der Waals surface area (Å²) in [4.78, 5) is 14.1. The van der Waals surface area contributed by atoms with E-state index in [-0.39, 0.29) is 11.3 Å². The molecular formula is C9H8F3NO2. The highest BCUT2D eigenvalue weighted by Gasteiger charge is 2.20. The van der Waals surface area contributed by atoms with Crippen molar-refractivity contribution in [1.29, 1.82) is 0 Å². The first kappa shape index (κ1) is 11.5. The van der Waals surface area contributed by atoms with Gasteiger partial charge < -0.3 is 4.74 Å². The van der Waals surface area contributed by atoms with Crippen molar-refractivity contribution in [2.75, 3.05) is 7.11 Å². The quantitative estimate of drug-likeness (QED) is 0.565. The molecule has 0 aromatic carbocycles. The third-order valence-electron chi connectivity index (χ3n) is 1.83. The Morgan fingerprint density at radius 1 is 1.53 bits per heavy atom. The number of carbonyl (C=O) groups is 1. The van der Waals surface area contributed by atoms with Gasteiger partial charge in [-0.1, -0.05) is 0 Å². The van der Waals surface area contributed by atoms with Crippen LogP contribution in [0.5, 0.6) is 0 Å². The first-order valence-corrected chi connectivity index (χ1v) is 4.01.